The summed E-state index contributed by atoms with van der Waals surface area (Å²) < 4.78 is 26.2. The van der Waals surface area contributed by atoms with Crippen molar-refractivity contribution in [3.63, 3.8) is 0 Å². The zero-order valence-electron chi connectivity index (χ0n) is 17.0. The van der Waals surface area contributed by atoms with E-state index in [4.69, 9.17) is 35.3 Å². The number of halogens is 1. The first-order valence-corrected chi connectivity index (χ1v) is 8.99. The van der Waals surface area contributed by atoms with Gasteiger partial charge in [-0.15, -0.1) is 0 Å². The molecule has 0 spiro atoms. The second-order valence-electron chi connectivity index (χ2n) is 5.82. The normalized spacial score (nSPS) is 10.4. The van der Waals surface area contributed by atoms with Gasteiger partial charge in [0.2, 0.25) is 5.75 Å². The third kappa shape index (κ3) is 5.33. The van der Waals surface area contributed by atoms with Gasteiger partial charge in [-0.3, -0.25) is 4.79 Å². The van der Waals surface area contributed by atoms with Crippen LogP contribution >= 0.6 is 11.6 Å². The molecule has 2 aromatic carbocycles. The summed E-state index contributed by atoms with van der Waals surface area (Å²) in [6, 6.07) is 7.86. The third-order valence-corrected chi connectivity index (χ3v) is 4.14. The lowest BCUT2D eigenvalue weighted by Gasteiger charge is -2.12. The van der Waals surface area contributed by atoms with Crippen LogP contribution in [0.25, 0.3) is 6.08 Å². The first-order valence-electron chi connectivity index (χ1n) is 8.61. The number of hydrogen-bond donors (Lipinski definition) is 0. The maximum Gasteiger partial charge on any atom is 0.354 e. The summed E-state index contributed by atoms with van der Waals surface area (Å²) in [5.74, 6) is 0.530. The highest BCUT2D eigenvalue weighted by atomic mass is 35.5. The number of rotatable bonds is 9. The molecule has 0 radical (unpaired) electrons. The van der Waals surface area contributed by atoms with Crippen LogP contribution in [0.2, 0.25) is 0 Å². The molecule has 0 aromatic heterocycles. The second-order valence-corrected chi connectivity index (χ2v) is 6.27. The van der Waals surface area contributed by atoms with E-state index in [-0.39, 0.29) is 27.9 Å². The monoisotopic (exact) mass is 432 g/mol. The fourth-order valence-electron chi connectivity index (χ4n) is 2.53. The number of benzene rings is 2. The minimum Gasteiger partial charge on any atom is -0.493 e. The summed E-state index contributed by atoms with van der Waals surface area (Å²) in [5, 5.41) is -0.295. The Bertz CT molecular complexity index is 970. The van der Waals surface area contributed by atoms with E-state index in [1.807, 2.05) is 0 Å². The van der Waals surface area contributed by atoms with Crippen molar-refractivity contribution in [2.75, 3.05) is 28.4 Å². The summed E-state index contributed by atoms with van der Waals surface area (Å²) in [7, 11) is 5.93. The quantitative estimate of drug-likeness (QED) is 0.253. The van der Waals surface area contributed by atoms with Crippen LogP contribution in [-0.4, -0.2) is 40.2 Å². The number of hydrogen-bond acceptors (Lipinski definition) is 7. The van der Waals surface area contributed by atoms with Crippen LogP contribution in [0.4, 0.5) is 0 Å². The molecule has 158 valence electrons. The lowest BCUT2D eigenvalue weighted by molar-refractivity contribution is -0.129. The molecule has 0 saturated carbocycles. The molecule has 2 rings (SSSR count). The number of esters is 1. The van der Waals surface area contributed by atoms with Gasteiger partial charge in [-0.1, -0.05) is 24.3 Å². The van der Waals surface area contributed by atoms with Crippen LogP contribution in [0.5, 0.6) is 28.7 Å². The molecule has 0 aliphatic carbocycles. The number of ether oxygens (including phenoxy) is 5. The molecule has 0 atom stereocenters. The van der Waals surface area contributed by atoms with Crippen LogP contribution in [-0.2, 0) is 4.79 Å². The maximum atomic E-state index is 12.6. The lowest BCUT2D eigenvalue weighted by atomic mass is 10.1. The number of carbonyl (C=O) groups is 2. The largest absolute Gasteiger partial charge is 0.493 e. The lowest BCUT2D eigenvalue weighted by Crippen LogP contribution is -2.08. The zero-order chi connectivity index (χ0) is 22.3. The van der Waals surface area contributed by atoms with Crippen molar-refractivity contribution < 1.29 is 33.3 Å². The van der Waals surface area contributed by atoms with Gasteiger partial charge >= 0.3 is 5.97 Å². The topological polar surface area (TPSA) is 80.3 Å². The average Bonchev–Trinajstić information content (AvgIpc) is 2.76. The van der Waals surface area contributed by atoms with Crippen molar-refractivity contribution in [3.8, 4) is 28.7 Å². The van der Waals surface area contributed by atoms with Crippen molar-refractivity contribution in [1.29, 1.82) is 0 Å². The number of carbonyl (C=O) groups excluding carboxylic acids is 2. The Morgan fingerprint density at radius 3 is 1.97 bits per heavy atom. The van der Waals surface area contributed by atoms with Crippen LogP contribution in [0.3, 0.4) is 0 Å². The predicted molar refractivity (Wildman–Crippen MR) is 113 cm³/mol. The Hall–Kier alpha value is -3.45. The molecule has 0 saturated heterocycles. The Labute approximate surface area is 179 Å². The highest BCUT2D eigenvalue weighted by molar-refractivity contribution is 6.41. The maximum absolute atomic E-state index is 12.6. The van der Waals surface area contributed by atoms with E-state index in [1.165, 1.54) is 46.6 Å². The summed E-state index contributed by atoms with van der Waals surface area (Å²) >= 11 is 5.55. The highest BCUT2D eigenvalue weighted by Crippen LogP contribution is 2.38. The molecular formula is C22H21ClO7. The summed E-state index contributed by atoms with van der Waals surface area (Å²) in [6.07, 6.45) is 2.97. The number of ketones is 1. The molecule has 0 heterocycles. The van der Waals surface area contributed by atoms with E-state index >= 15 is 0 Å². The molecule has 0 fully saturated rings. The zero-order valence-corrected chi connectivity index (χ0v) is 17.7. The number of allylic oxidation sites excluding steroid dienone is 1. The first-order chi connectivity index (χ1) is 14.3. The van der Waals surface area contributed by atoms with Gasteiger partial charge in [-0.05, 0) is 42.0 Å². The number of methoxy groups -OCH3 is 4. The van der Waals surface area contributed by atoms with E-state index in [2.05, 4.69) is 6.58 Å². The summed E-state index contributed by atoms with van der Waals surface area (Å²) in [4.78, 5) is 24.3. The molecular weight excluding hydrogens is 412 g/mol. The Kier molecular flexibility index (Phi) is 7.89. The van der Waals surface area contributed by atoms with Crippen molar-refractivity contribution >= 4 is 29.4 Å². The van der Waals surface area contributed by atoms with Gasteiger partial charge < -0.3 is 23.7 Å². The smallest absolute Gasteiger partial charge is 0.354 e. The SMILES string of the molecule is C=C(Cl)C(=O)Oc1cc(C(=O)C=Cc2cc(OC)c(OC)c(OC)c2)ccc1OC. The first kappa shape index (κ1) is 22.8. The fraction of sp³-hybridized carbons (Fsp3) is 0.182. The minimum atomic E-state index is -0.840. The molecule has 2 aromatic rings. The van der Waals surface area contributed by atoms with Crippen molar-refractivity contribution in [3.05, 3.63) is 59.1 Å². The van der Waals surface area contributed by atoms with E-state index < -0.39 is 5.97 Å². The fourth-order valence-corrected chi connectivity index (χ4v) is 2.57. The van der Waals surface area contributed by atoms with Crippen LogP contribution in [0.15, 0.2) is 48.0 Å². The summed E-state index contributed by atoms with van der Waals surface area (Å²) in [6.45, 7) is 3.31. The molecule has 8 heteroatoms. The van der Waals surface area contributed by atoms with E-state index in [9.17, 15) is 9.59 Å². The Morgan fingerprint density at radius 2 is 1.47 bits per heavy atom. The van der Waals surface area contributed by atoms with Gasteiger partial charge in [-0.25, -0.2) is 4.79 Å². The third-order valence-electron chi connectivity index (χ3n) is 3.99. The molecule has 0 bridgehead atoms. The van der Waals surface area contributed by atoms with Gasteiger partial charge in [0.1, 0.15) is 5.03 Å². The van der Waals surface area contributed by atoms with Gasteiger partial charge in [0.25, 0.3) is 0 Å². The Morgan fingerprint density at radius 1 is 0.867 bits per heavy atom. The van der Waals surface area contributed by atoms with Gasteiger partial charge in [-0.2, -0.15) is 0 Å². The molecule has 0 aliphatic heterocycles. The standard InChI is InChI=1S/C22H21ClO7/c1-13(23)22(25)30-18-12-15(7-9-17(18)26-2)16(24)8-6-14-10-19(27-3)21(29-5)20(11-14)28-4/h6-12H,1H2,2-5H3. The van der Waals surface area contributed by atoms with E-state index in [0.29, 0.717) is 22.8 Å². The van der Waals surface area contributed by atoms with Crippen LogP contribution in [0.1, 0.15) is 15.9 Å². The summed E-state index contributed by atoms with van der Waals surface area (Å²) in [5.41, 5.74) is 0.943. The van der Waals surface area contributed by atoms with Crippen LogP contribution in [0, 0.1) is 0 Å². The predicted octanol–water partition coefficient (Wildman–Crippen LogP) is 4.28. The minimum absolute atomic E-state index is 0.0522. The van der Waals surface area contributed by atoms with Crippen molar-refractivity contribution in [2.24, 2.45) is 0 Å². The van der Waals surface area contributed by atoms with Crippen molar-refractivity contribution in [2.45, 2.75) is 0 Å². The van der Waals surface area contributed by atoms with Crippen molar-refractivity contribution in [1.82, 2.24) is 0 Å². The molecule has 0 amide bonds. The van der Waals surface area contributed by atoms with E-state index in [1.54, 1.807) is 24.3 Å². The van der Waals surface area contributed by atoms with Crippen LogP contribution < -0.4 is 23.7 Å². The van der Waals surface area contributed by atoms with E-state index in [0.717, 1.165) is 0 Å². The van der Waals surface area contributed by atoms with Gasteiger partial charge in [0.15, 0.2) is 28.8 Å². The molecule has 0 aliphatic rings. The van der Waals surface area contributed by atoms with Gasteiger partial charge in [0, 0.05) is 5.56 Å². The second kappa shape index (κ2) is 10.4. The molecule has 0 N–H and O–H groups in total. The molecule has 30 heavy (non-hydrogen) atoms. The highest BCUT2D eigenvalue weighted by Gasteiger charge is 2.15. The average molecular weight is 433 g/mol. The Balaban J connectivity index is 2.32. The molecule has 0 unspecified atom stereocenters. The molecule has 7 nitrogen and oxygen atoms in total. The van der Waals surface area contributed by atoms with Gasteiger partial charge in [0.05, 0.1) is 28.4 Å².